The van der Waals surface area contributed by atoms with Crippen LogP contribution in [0, 0.1) is 0 Å². The van der Waals surface area contributed by atoms with Gasteiger partial charge in [-0.05, 0) is 55.4 Å². The Kier molecular flexibility index (Phi) is 9.17. The quantitative estimate of drug-likeness (QED) is 0.212. The number of carbonyl (C=O) groups excluding carboxylic acids is 1. The number of rotatable bonds is 12. The first-order valence-electron chi connectivity index (χ1n) is 14.4. The Morgan fingerprint density at radius 1 is 0.872 bits per heavy atom. The molecule has 1 fully saturated rings. The van der Waals surface area contributed by atoms with Crippen molar-refractivity contribution >= 4 is 28.4 Å². The minimum atomic E-state index is 0.0719. The fraction of sp³-hybridized carbons (Fsp3) is 0.419. The summed E-state index contributed by atoms with van der Waals surface area (Å²) in [5.41, 5.74) is 3.98. The molecule has 0 unspecified atom stereocenters. The Morgan fingerprint density at radius 3 is 2.49 bits per heavy atom. The van der Waals surface area contributed by atoms with Crippen molar-refractivity contribution in [1.29, 1.82) is 0 Å². The van der Waals surface area contributed by atoms with Gasteiger partial charge in [0.2, 0.25) is 5.95 Å². The lowest BCUT2D eigenvalue weighted by molar-refractivity contribution is 0.0630. The highest BCUT2D eigenvalue weighted by atomic mass is 16.2. The van der Waals surface area contributed by atoms with Gasteiger partial charge in [-0.3, -0.25) is 14.7 Å². The summed E-state index contributed by atoms with van der Waals surface area (Å²) in [7, 11) is 0. The summed E-state index contributed by atoms with van der Waals surface area (Å²) >= 11 is 0. The third-order valence-corrected chi connectivity index (χ3v) is 7.43. The van der Waals surface area contributed by atoms with Crippen molar-refractivity contribution in [3.63, 3.8) is 0 Å². The zero-order chi connectivity index (χ0) is 26.9. The number of hydrogen-bond acceptors (Lipinski definition) is 6. The molecule has 39 heavy (non-hydrogen) atoms. The van der Waals surface area contributed by atoms with Crippen LogP contribution in [0.5, 0.6) is 0 Å². The number of fused-ring (bicyclic) bond motifs is 1. The number of hydrogen-bond donors (Lipinski definition) is 2. The molecular weight excluding hydrogens is 486 g/mol. The monoisotopic (exact) mass is 525 g/mol. The van der Waals surface area contributed by atoms with E-state index in [-0.39, 0.29) is 5.91 Å². The number of unbranched alkanes of at least 4 members (excludes halogenated alkanes) is 6. The molecule has 0 aliphatic carbocycles. The van der Waals surface area contributed by atoms with Crippen LogP contribution in [0.3, 0.4) is 0 Å². The van der Waals surface area contributed by atoms with E-state index in [0.29, 0.717) is 11.6 Å². The summed E-state index contributed by atoms with van der Waals surface area (Å²) in [5.74, 6) is 0.571. The predicted octanol–water partition coefficient (Wildman–Crippen LogP) is 6.27. The van der Waals surface area contributed by atoms with Crippen LogP contribution in [-0.2, 0) is 0 Å². The lowest BCUT2D eigenvalue weighted by Gasteiger charge is -2.34. The van der Waals surface area contributed by atoms with E-state index in [2.05, 4.69) is 37.1 Å². The molecule has 0 spiro atoms. The molecule has 4 heterocycles. The van der Waals surface area contributed by atoms with Crippen LogP contribution in [0.1, 0.15) is 62.4 Å². The number of H-pyrrole nitrogens is 1. The summed E-state index contributed by atoms with van der Waals surface area (Å²) in [4.78, 5) is 34.4. The normalized spacial score (nSPS) is 14.1. The SMILES string of the molecule is CCCCCCCCCN1CCN(C(=O)c2cc3cc(Nc4nccc(-c5ccccn5)n4)ccc3[nH]2)CC1. The fourth-order valence-corrected chi connectivity index (χ4v) is 5.17. The second-order valence-corrected chi connectivity index (χ2v) is 10.3. The molecule has 5 rings (SSSR count). The van der Waals surface area contributed by atoms with Crippen LogP contribution in [0.15, 0.2) is 60.9 Å². The summed E-state index contributed by atoms with van der Waals surface area (Å²) in [6.45, 7) is 6.87. The maximum atomic E-state index is 13.2. The third-order valence-electron chi connectivity index (χ3n) is 7.43. The zero-order valence-corrected chi connectivity index (χ0v) is 22.9. The van der Waals surface area contributed by atoms with Gasteiger partial charge in [-0.1, -0.05) is 51.5 Å². The molecule has 2 N–H and O–H groups in total. The first-order chi connectivity index (χ1) is 19.2. The van der Waals surface area contributed by atoms with E-state index in [1.165, 1.54) is 44.9 Å². The molecule has 0 bridgehead atoms. The summed E-state index contributed by atoms with van der Waals surface area (Å²) in [5, 5.41) is 4.26. The molecule has 204 valence electrons. The predicted molar refractivity (Wildman–Crippen MR) is 157 cm³/mol. The maximum absolute atomic E-state index is 13.2. The van der Waals surface area contributed by atoms with Crippen LogP contribution in [0.25, 0.3) is 22.3 Å². The molecule has 3 aromatic heterocycles. The van der Waals surface area contributed by atoms with Crippen molar-refractivity contribution in [3.05, 3.63) is 66.6 Å². The first-order valence-corrected chi connectivity index (χ1v) is 14.4. The van der Waals surface area contributed by atoms with Gasteiger partial charge in [-0.2, -0.15) is 0 Å². The highest BCUT2D eigenvalue weighted by Crippen LogP contribution is 2.24. The largest absolute Gasteiger partial charge is 0.351 e. The topological polar surface area (TPSA) is 90.0 Å². The summed E-state index contributed by atoms with van der Waals surface area (Å²) in [6, 6.07) is 15.5. The standard InChI is InChI=1S/C31H39N7O/c1-2-3-4-5-6-7-10-17-37-18-20-38(21-19-37)30(39)29-23-24-22-25(12-13-26(24)35-29)34-31-33-16-14-28(36-31)27-11-8-9-15-32-27/h8-9,11-16,22-23,35H,2-7,10,17-21H2,1H3,(H,33,34,36). The van der Waals surface area contributed by atoms with Crippen LogP contribution in [0.4, 0.5) is 11.6 Å². The van der Waals surface area contributed by atoms with E-state index < -0.39 is 0 Å². The van der Waals surface area contributed by atoms with Crippen molar-refractivity contribution < 1.29 is 4.79 Å². The Hall–Kier alpha value is -3.78. The second-order valence-electron chi connectivity index (χ2n) is 10.3. The fourth-order valence-electron chi connectivity index (χ4n) is 5.17. The van der Waals surface area contributed by atoms with Gasteiger partial charge in [0.15, 0.2) is 0 Å². The van der Waals surface area contributed by atoms with Gasteiger partial charge in [-0.25, -0.2) is 9.97 Å². The lowest BCUT2D eigenvalue weighted by atomic mass is 10.1. The molecule has 1 aliphatic heterocycles. The van der Waals surface area contributed by atoms with E-state index in [1.54, 1.807) is 12.4 Å². The summed E-state index contributed by atoms with van der Waals surface area (Å²) < 4.78 is 0. The molecule has 1 saturated heterocycles. The van der Waals surface area contributed by atoms with E-state index in [0.717, 1.165) is 60.7 Å². The Balaban J connectivity index is 1.14. The molecule has 1 aliphatic rings. The van der Waals surface area contributed by atoms with Crippen LogP contribution in [0.2, 0.25) is 0 Å². The molecule has 8 nitrogen and oxygen atoms in total. The van der Waals surface area contributed by atoms with Crippen molar-refractivity contribution in [2.24, 2.45) is 0 Å². The highest BCUT2D eigenvalue weighted by molar-refractivity contribution is 5.98. The molecular formula is C31H39N7O. The van der Waals surface area contributed by atoms with Crippen molar-refractivity contribution in [2.75, 3.05) is 38.0 Å². The average Bonchev–Trinajstić information content (AvgIpc) is 3.41. The van der Waals surface area contributed by atoms with E-state index in [4.69, 9.17) is 0 Å². The van der Waals surface area contributed by atoms with Gasteiger partial charge < -0.3 is 15.2 Å². The van der Waals surface area contributed by atoms with Crippen LogP contribution >= 0.6 is 0 Å². The van der Waals surface area contributed by atoms with E-state index in [9.17, 15) is 4.79 Å². The molecule has 0 saturated carbocycles. The number of aromatic nitrogens is 4. The van der Waals surface area contributed by atoms with Gasteiger partial charge in [-0.15, -0.1) is 0 Å². The van der Waals surface area contributed by atoms with Crippen molar-refractivity contribution in [2.45, 2.75) is 51.9 Å². The number of amides is 1. The Morgan fingerprint density at radius 2 is 1.69 bits per heavy atom. The number of aromatic amines is 1. The van der Waals surface area contributed by atoms with E-state index >= 15 is 0 Å². The minimum absolute atomic E-state index is 0.0719. The highest BCUT2D eigenvalue weighted by Gasteiger charge is 2.23. The number of benzene rings is 1. The van der Waals surface area contributed by atoms with Gasteiger partial charge >= 0.3 is 0 Å². The number of nitrogens with one attached hydrogen (secondary N) is 2. The van der Waals surface area contributed by atoms with Crippen LogP contribution < -0.4 is 5.32 Å². The lowest BCUT2D eigenvalue weighted by Crippen LogP contribution is -2.48. The van der Waals surface area contributed by atoms with Crippen LogP contribution in [-0.4, -0.2) is 68.4 Å². The molecule has 4 aromatic rings. The number of pyridine rings is 1. The smallest absolute Gasteiger partial charge is 0.270 e. The third kappa shape index (κ3) is 7.20. The molecule has 1 amide bonds. The minimum Gasteiger partial charge on any atom is -0.351 e. The zero-order valence-electron chi connectivity index (χ0n) is 22.9. The summed E-state index contributed by atoms with van der Waals surface area (Å²) in [6.07, 6.45) is 12.8. The average molecular weight is 526 g/mol. The number of nitrogens with zero attached hydrogens (tertiary/aromatic N) is 5. The van der Waals surface area contributed by atoms with Crippen molar-refractivity contribution in [3.8, 4) is 11.4 Å². The number of carbonyl (C=O) groups is 1. The Bertz CT molecular complexity index is 1350. The Labute approximate surface area is 230 Å². The molecule has 0 atom stereocenters. The van der Waals surface area contributed by atoms with E-state index in [1.807, 2.05) is 53.4 Å². The maximum Gasteiger partial charge on any atom is 0.270 e. The van der Waals surface area contributed by atoms with Crippen molar-refractivity contribution in [1.82, 2.24) is 29.7 Å². The first kappa shape index (κ1) is 26.8. The van der Waals surface area contributed by atoms with Gasteiger partial charge in [0, 0.05) is 55.2 Å². The molecule has 0 radical (unpaired) electrons. The molecule has 8 heteroatoms. The second kappa shape index (κ2) is 13.3. The van der Waals surface area contributed by atoms with Gasteiger partial charge in [0.25, 0.3) is 5.91 Å². The number of piperazine rings is 1. The van der Waals surface area contributed by atoms with Gasteiger partial charge in [0.1, 0.15) is 5.69 Å². The number of anilines is 2. The molecule has 1 aromatic carbocycles. The van der Waals surface area contributed by atoms with Gasteiger partial charge in [0.05, 0.1) is 11.4 Å².